The molecule has 1 N–H and O–H groups in total. The van der Waals surface area contributed by atoms with Gasteiger partial charge in [-0.25, -0.2) is 4.79 Å². The molecule has 0 aliphatic carbocycles. The Morgan fingerprint density at radius 2 is 1.72 bits per heavy atom. The third kappa shape index (κ3) is 6.77. The predicted molar refractivity (Wildman–Crippen MR) is 144 cm³/mol. The standard InChI is InChI=1S/C27H26N4O3S2/c1-3-34-26(33)20-12-14-21(15-13-20)28-25(32)18-36-27-30-29-24(17-35-23-10-5-4-6-11-23)31(27)22-9-7-8-19(2)16-22/h4-16H,3,17-18H2,1-2H3,(H,28,32). The fourth-order valence-corrected chi connectivity index (χ4v) is 5.01. The molecular formula is C27H26N4O3S2. The molecule has 0 atom stereocenters. The van der Waals surface area contributed by atoms with Crippen LogP contribution in [0, 0.1) is 6.92 Å². The minimum absolute atomic E-state index is 0.162. The third-order valence-electron chi connectivity index (χ3n) is 5.08. The first-order chi connectivity index (χ1) is 17.5. The van der Waals surface area contributed by atoms with E-state index in [2.05, 4.69) is 33.7 Å². The van der Waals surface area contributed by atoms with Gasteiger partial charge in [0.1, 0.15) is 5.82 Å². The summed E-state index contributed by atoms with van der Waals surface area (Å²) >= 11 is 3.01. The summed E-state index contributed by atoms with van der Waals surface area (Å²) in [6.45, 7) is 4.11. The van der Waals surface area contributed by atoms with Crippen LogP contribution in [0.25, 0.3) is 5.69 Å². The Hall–Kier alpha value is -3.56. The topological polar surface area (TPSA) is 86.1 Å². The second-order valence-corrected chi connectivity index (χ2v) is 9.80. The van der Waals surface area contributed by atoms with E-state index in [9.17, 15) is 9.59 Å². The monoisotopic (exact) mass is 518 g/mol. The first-order valence-electron chi connectivity index (χ1n) is 11.4. The second-order valence-electron chi connectivity index (χ2n) is 7.81. The summed E-state index contributed by atoms with van der Waals surface area (Å²) in [5.74, 6) is 1.05. The molecule has 1 heterocycles. The van der Waals surface area contributed by atoms with Gasteiger partial charge in [0.2, 0.25) is 5.91 Å². The SMILES string of the molecule is CCOC(=O)c1ccc(NC(=O)CSc2nnc(CSc3ccccc3)n2-c2cccc(C)c2)cc1. The molecule has 4 aromatic rings. The van der Waals surface area contributed by atoms with Gasteiger partial charge in [-0.2, -0.15) is 0 Å². The molecule has 0 bridgehead atoms. The Kier molecular flexibility index (Phi) is 8.80. The molecule has 0 saturated carbocycles. The Labute approximate surface area is 218 Å². The summed E-state index contributed by atoms with van der Waals surface area (Å²) in [5, 5.41) is 12.3. The van der Waals surface area contributed by atoms with Crippen LogP contribution in [0.4, 0.5) is 5.69 Å². The van der Waals surface area contributed by atoms with Gasteiger partial charge in [-0.3, -0.25) is 9.36 Å². The highest BCUT2D eigenvalue weighted by Gasteiger charge is 2.17. The molecule has 0 fully saturated rings. The number of nitrogens with one attached hydrogen (secondary N) is 1. The van der Waals surface area contributed by atoms with Crippen LogP contribution in [0.15, 0.2) is 88.9 Å². The van der Waals surface area contributed by atoms with Crippen LogP contribution in [0.1, 0.15) is 28.7 Å². The minimum atomic E-state index is -0.386. The van der Waals surface area contributed by atoms with E-state index in [0.29, 0.717) is 28.8 Å². The number of nitrogens with zero attached hydrogens (tertiary/aromatic N) is 3. The number of anilines is 1. The molecule has 7 nitrogen and oxygen atoms in total. The first kappa shape index (κ1) is 25.5. The van der Waals surface area contributed by atoms with Crippen LogP contribution in [-0.4, -0.2) is 39.0 Å². The molecule has 9 heteroatoms. The molecule has 0 aliphatic heterocycles. The Morgan fingerprint density at radius 1 is 0.944 bits per heavy atom. The van der Waals surface area contributed by atoms with Crippen LogP contribution in [0.5, 0.6) is 0 Å². The van der Waals surface area contributed by atoms with Crippen molar-refractivity contribution in [2.24, 2.45) is 0 Å². The molecule has 3 aromatic carbocycles. The molecule has 1 aromatic heterocycles. The van der Waals surface area contributed by atoms with Gasteiger partial charge >= 0.3 is 5.97 Å². The van der Waals surface area contributed by atoms with E-state index in [1.165, 1.54) is 11.8 Å². The van der Waals surface area contributed by atoms with Gasteiger partial charge in [0.15, 0.2) is 5.16 Å². The largest absolute Gasteiger partial charge is 0.462 e. The van der Waals surface area contributed by atoms with Crippen molar-refractivity contribution in [1.29, 1.82) is 0 Å². The molecule has 0 spiro atoms. The Morgan fingerprint density at radius 3 is 2.44 bits per heavy atom. The first-order valence-corrected chi connectivity index (χ1v) is 13.4. The fourth-order valence-electron chi connectivity index (χ4n) is 3.41. The zero-order valence-electron chi connectivity index (χ0n) is 20.0. The third-order valence-corrected chi connectivity index (χ3v) is 7.02. The van der Waals surface area contributed by atoms with Crippen molar-refractivity contribution >= 4 is 41.1 Å². The Balaban J connectivity index is 1.45. The minimum Gasteiger partial charge on any atom is -0.462 e. The number of amides is 1. The summed E-state index contributed by atoms with van der Waals surface area (Å²) in [5.41, 5.74) is 3.13. The van der Waals surface area contributed by atoms with Crippen molar-refractivity contribution < 1.29 is 14.3 Å². The number of benzene rings is 3. The van der Waals surface area contributed by atoms with E-state index in [1.807, 2.05) is 47.9 Å². The van der Waals surface area contributed by atoms with Crippen molar-refractivity contribution in [2.75, 3.05) is 17.7 Å². The van der Waals surface area contributed by atoms with Gasteiger partial charge in [0.05, 0.1) is 23.7 Å². The lowest BCUT2D eigenvalue weighted by Crippen LogP contribution is -2.15. The summed E-state index contributed by atoms with van der Waals surface area (Å²) in [6.07, 6.45) is 0. The number of hydrogen-bond donors (Lipinski definition) is 1. The summed E-state index contributed by atoms with van der Waals surface area (Å²) in [4.78, 5) is 25.6. The van der Waals surface area contributed by atoms with Crippen LogP contribution in [-0.2, 0) is 15.3 Å². The number of ether oxygens (including phenoxy) is 1. The highest BCUT2D eigenvalue weighted by atomic mass is 32.2. The quantitative estimate of drug-likeness (QED) is 0.210. The maximum atomic E-state index is 12.6. The van der Waals surface area contributed by atoms with E-state index < -0.39 is 0 Å². The zero-order valence-corrected chi connectivity index (χ0v) is 21.6. The van der Waals surface area contributed by atoms with E-state index in [-0.39, 0.29) is 17.6 Å². The number of rotatable bonds is 10. The lowest BCUT2D eigenvalue weighted by atomic mass is 10.2. The van der Waals surface area contributed by atoms with Crippen LogP contribution < -0.4 is 5.32 Å². The number of hydrogen-bond acceptors (Lipinski definition) is 7. The van der Waals surface area contributed by atoms with Crippen molar-refractivity contribution in [1.82, 2.24) is 14.8 Å². The van der Waals surface area contributed by atoms with E-state index in [4.69, 9.17) is 4.74 Å². The predicted octanol–water partition coefficient (Wildman–Crippen LogP) is 5.78. The average Bonchev–Trinajstić information content (AvgIpc) is 3.30. The zero-order chi connectivity index (χ0) is 25.3. The van der Waals surface area contributed by atoms with Gasteiger partial charge in [-0.1, -0.05) is 42.1 Å². The molecule has 184 valence electrons. The van der Waals surface area contributed by atoms with E-state index in [1.54, 1.807) is 43.0 Å². The molecular weight excluding hydrogens is 492 g/mol. The van der Waals surface area contributed by atoms with E-state index >= 15 is 0 Å². The summed E-state index contributed by atoms with van der Waals surface area (Å²) in [6, 6.07) is 24.9. The fraction of sp³-hybridized carbons (Fsp3) is 0.185. The highest BCUT2D eigenvalue weighted by Crippen LogP contribution is 2.27. The number of aryl methyl sites for hydroxylation is 1. The lowest BCUT2D eigenvalue weighted by Gasteiger charge is -2.11. The Bertz CT molecular complexity index is 1320. The van der Waals surface area contributed by atoms with Gasteiger partial charge in [0.25, 0.3) is 0 Å². The van der Waals surface area contributed by atoms with Crippen LogP contribution in [0.3, 0.4) is 0 Å². The summed E-state index contributed by atoms with van der Waals surface area (Å²) < 4.78 is 7.00. The van der Waals surface area contributed by atoms with Crippen molar-refractivity contribution in [2.45, 2.75) is 29.7 Å². The van der Waals surface area contributed by atoms with Gasteiger partial charge < -0.3 is 10.1 Å². The molecule has 0 radical (unpaired) electrons. The van der Waals surface area contributed by atoms with Gasteiger partial charge in [-0.15, -0.1) is 22.0 Å². The number of carbonyl (C=O) groups is 2. The highest BCUT2D eigenvalue weighted by molar-refractivity contribution is 7.99. The summed E-state index contributed by atoms with van der Waals surface area (Å²) in [7, 11) is 0. The van der Waals surface area contributed by atoms with Gasteiger partial charge in [0, 0.05) is 16.3 Å². The normalized spacial score (nSPS) is 10.7. The smallest absolute Gasteiger partial charge is 0.338 e. The molecule has 0 unspecified atom stereocenters. The van der Waals surface area contributed by atoms with E-state index in [0.717, 1.165) is 22.0 Å². The number of thioether (sulfide) groups is 2. The average molecular weight is 519 g/mol. The van der Waals surface area contributed by atoms with Crippen molar-refractivity contribution in [3.8, 4) is 5.69 Å². The molecule has 0 saturated heterocycles. The van der Waals surface area contributed by atoms with Crippen molar-refractivity contribution in [3.05, 3.63) is 95.8 Å². The molecule has 36 heavy (non-hydrogen) atoms. The molecule has 1 amide bonds. The number of aromatic nitrogens is 3. The lowest BCUT2D eigenvalue weighted by molar-refractivity contribution is -0.113. The van der Waals surface area contributed by atoms with Crippen molar-refractivity contribution in [3.63, 3.8) is 0 Å². The maximum absolute atomic E-state index is 12.6. The van der Waals surface area contributed by atoms with Gasteiger partial charge in [-0.05, 0) is 67.9 Å². The number of esters is 1. The number of carbonyl (C=O) groups excluding carboxylic acids is 2. The molecule has 4 rings (SSSR count). The molecule has 0 aliphatic rings. The second kappa shape index (κ2) is 12.4. The van der Waals surface area contributed by atoms with Crippen LogP contribution >= 0.6 is 23.5 Å². The van der Waals surface area contributed by atoms with Crippen LogP contribution in [0.2, 0.25) is 0 Å². The maximum Gasteiger partial charge on any atom is 0.338 e.